The van der Waals surface area contributed by atoms with Gasteiger partial charge in [0.2, 0.25) is 0 Å². The van der Waals surface area contributed by atoms with Gasteiger partial charge >= 0.3 is 24.5 Å². The highest BCUT2D eigenvalue weighted by Gasteiger charge is 2.31. The fraction of sp³-hybridized carbons (Fsp3) is 0.353. The van der Waals surface area contributed by atoms with E-state index in [-0.39, 0.29) is 10.6 Å². The van der Waals surface area contributed by atoms with Crippen molar-refractivity contribution in [3.05, 3.63) is 46.2 Å². The van der Waals surface area contributed by atoms with Crippen LogP contribution in [0.5, 0.6) is 5.75 Å². The lowest BCUT2D eigenvalue weighted by Gasteiger charge is -2.20. The molecule has 150 valence electrons. The van der Waals surface area contributed by atoms with Crippen LogP contribution in [0.2, 0.25) is 0 Å². The monoisotopic (exact) mass is 415 g/mol. The quantitative estimate of drug-likeness (QED) is 0.778. The van der Waals surface area contributed by atoms with Crippen LogP contribution in [0.4, 0.5) is 18.0 Å². The fourth-order valence-electron chi connectivity index (χ4n) is 2.49. The van der Waals surface area contributed by atoms with E-state index < -0.39 is 30.0 Å². The van der Waals surface area contributed by atoms with Gasteiger partial charge in [0.1, 0.15) is 5.75 Å². The van der Waals surface area contributed by atoms with Crippen LogP contribution in [0.3, 0.4) is 0 Å². The van der Waals surface area contributed by atoms with Gasteiger partial charge in [-0.15, -0.1) is 11.3 Å². The number of nitrogens with one attached hydrogen (secondary N) is 1. The number of likely N-dealkylation sites (tertiary alicyclic amines) is 1. The molecule has 0 radical (unpaired) electrons. The Labute approximate surface area is 161 Å². The number of nitrogens with zero attached hydrogens (tertiary/aromatic N) is 2. The Morgan fingerprint density at radius 2 is 1.86 bits per heavy atom. The number of carbonyl (C=O) groups excluding carboxylic acids is 2. The van der Waals surface area contributed by atoms with Crippen molar-refractivity contribution in [2.45, 2.75) is 25.3 Å². The lowest BCUT2D eigenvalue weighted by Crippen LogP contribution is -2.38. The minimum atomic E-state index is -4.50. The first kappa shape index (κ1) is 19.9. The molecule has 1 N–H and O–H groups in total. The number of aromatic nitrogens is 1. The normalized spacial score (nSPS) is 16.1. The maximum absolute atomic E-state index is 12.7. The Bertz CT molecular complexity index is 869. The van der Waals surface area contributed by atoms with Crippen LogP contribution in [-0.4, -0.2) is 41.3 Å². The summed E-state index contributed by atoms with van der Waals surface area (Å²) < 4.78 is 48.5. The van der Waals surface area contributed by atoms with Crippen LogP contribution in [0.25, 0.3) is 0 Å². The molecular weight excluding hydrogens is 399 g/mol. The third kappa shape index (κ3) is 5.12. The number of aromatic amines is 1. The number of carbonyl (C=O) groups is 2. The third-order valence-corrected chi connectivity index (χ3v) is 4.57. The Morgan fingerprint density at radius 3 is 2.43 bits per heavy atom. The molecule has 1 aromatic heterocycles. The van der Waals surface area contributed by atoms with Gasteiger partial charge in [0, 0.05) is 24.7 Å². The van der Waals surface area contributed by atoms with Crippen molar-refractivity contribution in [3.8, 4) is 5.75 Å². The molecule has 11 heteroatoms. The van der Waals surface area contributed by atoms with Crippen molar-refractivity contribution in [2.75, 3.05) is 13.1 Å². The van der Waals surface area contributed by atoms with E-state index in [2.05, 4.69) is 9.98 Å². The number of ether oxygens (including phenoxy) is 2. The summed E-state index contributed by atoms with van der Waals surface area (Å²) in [7, 11) is 0. The van der Waals surface area contributed by atoms with Gasteiger partial charge in [-0.3, -0.25) is 4.79 Å². The second-order valence-electron chi connectivity index (χ2n) is 5.87. The standard InChI is InChI=1S/C17H16F3N3O4S/c18-17(19,20)11-3-5-12(6-4-11)26-14(13(24)22-15-21-7-10-28-15)27-16(25)23-8-1-2-9-23/h3-7,10,14H,1-2,8-9H2,(H,21,22,24). The zero-order valence-corrected chi connectivity index (χ0v) is 15.3. The van der Waals surface area contributed by atoms with Crippen LogP contribution >= 0.6 is 11.3 Å². The van der Waals surface area contributed by atoms with Gasteiger partial charge in [0.05, 0.1) is 5.56 Å². The van der Waals surface area contributed by atoms with Crippen LogP contribution in [0, 0.1) is 0 Å². The number of H-pyrrole nitrogens is 1. The minimum absolute atomic E-state index is 0.0640. The first-order chi connectivity index (χ1) is 13.3. The van der Waals surface area contributed by atoms with Crippen LogP contribution in [-0.2, 0) is 15.7 Å². The Kier molecular flexibility index (Phi) is 6.02. The second kappa shape index (κ2) is 8.46. The maximum atomic E-state index is 12.7. The zero-order valence-electron chi connectivity index (χ0n) is 14.4. The van der Waals surface area contributed by atoms with E-state index in [1.54, 1.807) is 11.6 Å². The molecule has 1 saturated heterocycles. The molecule has 0 spiro atoms. The highest BCUT2D eigenvalue weighted by atomic mass is 32.1. The molecule has 1 aliphatic rings. The minimum Gasteiger partial charge on any atom is -0.446 e. The first-order valence-electron chi connectivity index (χ1n) is 8.33. The maximum Gasteiger partial charge on any atom is 0.416 e. The SMILES string of the molecule is O=C(N=c1[nH]ccs1)C(OC(=O)N1CCCC1)Oc1ccc(C(F)(F)F)cc1. The summed E-state index contributed by atoms with van der Waals surface area (Å²) in [4.78, 5) is 32.8. The van der Waals surface area contributed by atoms with E-state index in [1.165, 1.54) is 4.90 Å². The zero-order chi connectivity index (χ0) is 20.1. The summed E-state index contributed by atoms with van der Waals surface area (Å²) in [6, 6.07) is 3.71. The van der Waals surface area contributed by atoms with Crippen molar-refractivity contribution in [3.63, 3.8) is 0 Å². The molecule has 1 unspecified atom stereocenters. The predicted molar refractivity (Wildman–Crippen MR) is 92.4 cm³/mol. The van der Waals surface area contributed by atoms with Gasteiger partial charge in [0.15, 0.2) is 4.80 Å². The van der Waals surface area contributed by atoms with Gasteiger partial charge < -0.3 is 19.4 Å². The molecule has 7 nitrogen and oxygen atoms in total. The topological polar surface area (TPSA) is 84.0 Å². The Hall–Kier alpha value is -2.82. The van der Waals surface area contributed by atoms with E-state index in [0.717, 1.165) is 48.4 Å². The van der Waals surface area contributed by atoms with Crippen molar-refractivity contribution in [1.29, 1.82) is 0 Å². The molecular formula is C17H16F3N3O4S. The van der Waals surface area contributed by atoms with Crippen LogP contribution in [0.1, 0.15) is 18.4 Å². The lowest BCUT2D eigenvalue weighted by atomic mass is 10.2. The molecule has 2 heterocycles. The van der Waals surface area contributed by atoms with E-state index >= 15 is 0 Å². The number of thiazole rings is 1. The average Bonchev–Trinajstić information content (AvgIpc) is 3.34. The number of benzene rings is 1. The molecule has 28 heavy (non-hydrogen) atoms. The summed E-state index contributed by atoms with van der Waals surface area (Å²) in [6.45, 7) is 0.992. The van der Waals surface area contributed by atoms with Crippen molar-refractivity contribution >= 4 is 23.3 Å². The van der Waals surface area contributed by atoms with Crippen molar-refractivity contribution in [2.24, 2.45) is 4.99 Å². The van der Waals surface area contributed by atoms with E-state index in [0.29, 0.717) is 13.1 Å². The highest BCUT2D eigenvalue weighted by Crippen LogP contribution is 2.30. The highest BCUT2D eigenvalue weighted by molar-refractivity contribution is 7.07. The van der Waals surface area contributed by atoms with Crippen molar-refractivity contribution in [1.82, 2.24) is 9.88 Å². The number of alkyl halides is 3. The molecule has 2 aromatic rings. The van der Waals surface area contributed by atoms with E-state index in [9.17, 15) is 22.8 Å². The molecule has 1 fully saturated rings. The Morgan fingerprint density at radius 1 is 1.18 bits per heavy atom. The van der Waals surface area contributed by atoms with Gasteiger partial charge in [-0.05, 0) is 37.1 Å². The predicted octanol–water partition coefficient (Wildman–Crippen LogP) is 3.16. The van der Waals surface area contributed by atoms with Gasteiger partial charge in [-0.25, -0.2) is 4.79 Å². The number of hydrogen-bond acceptors (Lipinski definition) is 5. The summed E-state index contributed by atoms with van der Waals surface area (Å²) in [5.41, 5.74) is -0.866. The number of rotatable bonds is 4. The summed E-state index contributed by atoms with van der Waals surface area (Å²) in [5, 5.41) is 1.66. The van der Waals surface area contributed by atoms with Gasteiger partial charge in [-0.2, -0.15) is 18.2 Å². The largest absolute Gasteiger partial charge is 0.446 e. The summed E-state index contributed by atoms with van der Waals surface area (Å²) in [5.74, 6) is -0.961. The van der Waals surface area contributed by atoms with Crippen LogP contribution < -0.4 is 9.54 Å². The first-order valence-corrected chi connectivity index (χ1v) is 9.21. The smallest absolute Gasteiger partial charge is 0.416 e. The Balaban J connectivity index is 1.78. The molecule has 0 bridgehead atoms. The van der Waals surface area contributed by atoms with Crippen LogP contribution in [0.15, 0.2) is 40.8 Å². The second-order valence-corrected chi connectivity index (χ2v) is 6.76. The van der Waals surface area contributed by atoms with Gasteiger partial charge in [0.25, 0.3) is 0 Å². The molecule has 3 rings (SSSR count). The van der Waals surface area contributed by atoms with Crippen molar-refractivity contribution < 1.29 is 32.2 Å². The molecule has 1 atom stereocenters. The number of amides is 2. The molecule has 1 aromatic carbocycles. The number of hydrogen-bond donors (Lipinski definition) is 1. The fourth-order valence-corrected chi connectivity index (χ4v) is 3.03. The third-order valence-electron chi connectivity index (χ3n) is 3.86. The van der Waals surface area contributed by atoms with E-state index in [1.807, 2.05) is 0 Å². The molecule has 0 saturated carbocycles. The molecule has 0 aliphatic carbocycles. The lowest BCUT2D eigenvalue weighted by molar-refractivity contribution is -0.142. The van der Waals surface area contributed by atoms with Gasteiger partial charge in [-0.1, -0.05) is 0 Å². The summed E-state index contributed by atoms with van der Waals surface area (Å²) in [6.07, 6.45) is -3.75. The number of halogens is 3. The molecule has 1 aliphatic heterocycles. The molecule has 2 amide bonds. The summed E-state index contributed by atoms with van der Waals surface area (Å²) >= 11 is 1.15. The van der Waals surface area contributed by atoms with E-state index in [4.69, 9.17) is 9.47 Å². The average molecular weight is 415 g/mol.